The van der Waals surface area contributed by atoms with E-state index in [2.05, 4.69) is 9.71 Å². The first-order valence-electron chi connectivity index (χ1n) is 8.18. The van der Waals surface area contributed by atoms with Crippen LogP contribution in [0.5, 0.6) is 0 Å². The monoisotopic (exact) mass is 416 g/mol. The summed E-state index contributed by atoms with van der Waals surface area (Å²) in [7, 11) is -3.89. The Balaban J connectivity index is 1.80. The highest BCUT2D eigenvalue weighted by molar-refractivity contribution is 7.92. The number of aromatic nitrogens is 1. The number of carbonyl (C=O) groups excluding carboxylic acids is 1. The number of ketones is 1. The molecule has 0 aliphatic rings. The first kappa shape index (κ1) is 19.7. The Morgan fingerprint density at radius 3 is 2.32 bits per heavy atom. The number of Topliss-reactive ketones (excluding diaryl/α,β-unsaturated/α-hetero) is 1. The molecule has 9 heteroatoms. The second-order valence-electron chi connectivity index (χ2n) is 5.93. The van der Waals surface area contributed by atoms with Gasteiger partial charge in [0.2, 0.25) is 10.0 Å². The van der Waals surface area contributed by atoms with Gasteiger partial charge in [-0.15, -0.1) is 11.3 Å². The third kappa shape index (κ3) is 4.81. The number of nitrogens with zero attached hydrogens (tertiary/aromatic N) is 1. The molecule has 0 saturated heterocycles. The van der Waals surface area contributed by atoms with E-state index in [1.807, 2.05) is 6.07 Å². The maximum atomic E-state index is 12.5. The van der Waals surface area contributed by atoms with Crippen LogP contribution < -0.4 is 4.72 Å². The summed E-state index contributed by atoms with van der Waals surface area (Å²) in [4.78, 5) is 27.2. The van der Waals surface area contributed by atoms with E-state index < -0.39 is 16.0 Å². The standard InChI is InChI=1S/C19H16N2O5S2/c22-16(13-6-2-1-3-7-13)10-14-8-4-5-9-15(14)11-28(25,26)21-18-17(19(23)24)20-12-27-18/h1-9,12,21H,10-11H2,(H,23,24). The van der Waals surface area contributed by atoms with Gasteiger partial charge in [-0.3, -0.25) is 9.52 Å². The zero-order chi connectivity index (χ0) is 20.1. The third-order valence-corrected chi connectivity index (χ3v) is 6.01. The van der Waals surface area contributed by atoms with Gasteiger partial charge in [0.25, 0.3) is 0 Å². The molecule has 0 spiro atoms. The topological polar surface area (TPSA) is 113 Å². The number of carboxylic acids is 1. The third-order valence-electron chi connectivity index (χ3n) is 3.93. The summed E-state index contributed by atoms with van der Waals surface area (Å²) < 4.78 is 27.4. The zero-order valence-electron chi connectivity index (χ0n) is 14.5. The number of hydrogen-bond acceptors (Lipinski definition) is 6. The lowest BCUT2D eigenvalue weighted by atomic mass is 9.99. The van der Waals surface area contributed by atoms with Crippen LogP contribution in [0.2, 0.25) is 0 Å². The number of carboxylic acid groups (broad SMARTS) is 1. The van der Waals surface area contributed by atoms with Gasteiger partial charge in [0.15, 0.2) is 11.5 Å². The molecule has 2 aromatic carbocycles. The first-order valence-corrected chi connectivity index (χ1v) is 10.7. The van der Waals surface area contributed by atoms with Gasteiger partial charge in [-0.2, -0.15) is 0 Å². The number of thiazole rings is 1. The van der Waals surface area contributed by atoms with E-state index in [9.17, 15) is 18.0 Å². The highest BCUT2D eigenvalue weighted by Gasteiger charge is 2.21. The largest absolute Gasteiger partial charge is 0.476 e. The second kappa shape index (κ2) is 8.32. The van der Waals surface area contributed by atoms with E-state index in [1.54, 1.807) is 48.5 Å². The SMILES string of the molecule is O=C(Cc1ccccc1CS(=O)(=O)Nc1scnc1C(=O)O)c1ccccc1. The van der Waals surface area contributed by atoms with Crippen molar-refractivity contribution in [2.75, 3.05) is 4.72 Å². The predicted molar refractivity (Wildman–Crippen MR) is 106 cm³/mol. The molecule has 2 N–H and O–H groups in total. The molecule has 0 radical (unpaired) electrons. The Hall–Kier alpha value is -3.04. The smallest absolute Gasteiger partial charge is 0.357 e. The van der Waals surface area contributed by atoms with Gasteiger partial charge in [-0.1, -0.05) is 54.6 Å². The molecule has 0 fully saturated rings. The van der Waals surface area contributed by atoms with Gasteiger partial charge in [0.1, 0.15) is 5.00 Å². The summed E-state index contributed by atoms with van der Waals surface area (Å²) in [6.07, 6.45) is 0.0661. The van der Waals surface area contributed by atoms with Crippen molar-refractivity contribution in [3.8, 4) is 0 Å². The van der Waals surface area contributed by atoms with Crippen LogP contribution in [-0.2, 0) is 22.2 Å². The molecular formula is C19H16N2O5S2. The lowest BCUT2D eigenvalue weighted by Crippen LogP contribution is -2.17. The minimum Gasteiger partial charge on any atom is -0.476 e. The molecule has 0 saturated carbocycles. The molecule has 0 bridgehead atoms. The summed E-state index contributed by atoms with van der Waals surface area (Å²) in [5, 5.41) is 9.01. The van der Waals surface area contributed by atoms with Crippen LogP contribution in [0.25, 0.3) is 0 Å². The summed E-state index contributed by atoms with van der Waals surface area (Å²) >= 11 is 0.891. The summed E-state index contributed by atoms with van der Waals surface area (Å²) in [6, 6.07) is 15.5. The maximum Gasteiger partial charge on any atom is 0.357 e. The van der Waals surface area contributed by atoms with Crippen LogP contribution in [0.15, 0.2) is 60.1 Å². The van der Waals surface area contributed by atoms with Crippen molar-refractivity contribution in [2.45, 2.75) is 12.2 Å². The second-order valence-corrected chi connectivity index (χ2v) is 8.51. The van der Waals surface area contributed by atoms with Gasteiger partial charge in [0, 0.05) is 12.0 Å². The normalized spacial score (nSPS) is 11.1. The van der Waals surface area contributed by atoms with Crippen molar-refractivity contribution in [2.24, 2.45) is 0 Å². The van der Waals surface area contributed by atoms with Crippen LogP contribution in [0.1, 0.15) is 32.0 Å². The van der Waals surface area contributed by atoms with Crippen LogP contribution in [-0.4, -0.2) is 30.3 Å². The Morgan fingerprint density at radius 2 is 1.64 bits per heavy atom. The molecule has 0 amide bonds. The fraction of sp³-hybridized carbons (Fsp3) is 0.105. The van der Waals surface area contributed by atoms with E-state index in [-0.39, 0.29) is 28.7 Å². The van der Waals surface area contributed by atoms with Crippen molar-refractivity contribution in [1.29, 1.82) is 0 Å². The number of carbonyl (C=O) groups is 2. The van der Waals surface area contributed by atoms with Crippen molar-refractivity contribution in [1.82, 2.24) is 4.98 Å². The molecular weight excluding hydrogens is 400 g/mol. The number of anilines is 1. The zero-order valence-corrected chi connectivity index (χ0v) is 16.2. The first-order chi connectivity index (χ1) is 13.4. The van der Waals surface area contributed by atoms with Crippen LogP contribution in [0, 0.1) is 0 Å². The number of rotatable bonds is 8. The van der Waals surface area contributed by atoms with E-state index in [1.165, 1.54) is 5.51 Å². The highest BCUT2D eigenvalue weighted by atomic mass is 32.2. The molecule has 0 atom stereocenters. The van der Waals surface area contributed by atoms with E-state index >= 15 is 0 Å². The Morgan fingerprint density at radius 1 is 1.00 bits per heavy atom. The fourth-order valence-electron chi connectivity index (χ4n) is 2.62. The molecule has 28 heavy (non-hydrogen) atoms. The Labute approximate surface area is 165 Å². The lowest BCUT2D eigenvalue weighted by molar-refractivity contribution is 0.0692. The quantitative estimate of drug-likeness (QED) is 0.545. The summed E-state index contributed by atoms with van der Waals surface area (Å²) in [5.74, 6) is -1.82. The van der Waals surface area contributed by atoms with Crippen molar-refractivity contribution in [3.63, 3.8) is 0 Å². The maximum absolute atomic E-state index is 12.5. The summed E-state index contributed by atoms with van der Waals surface area (Å²) in [5.41, 5.74) is 2.54. The molecule has 3 aromatic rings. The van der Waals surface area contributed by atoms with Crippen LogP contribution in [0.4, 0.5) is 5.00 Å². The molecule has 3 rings (SSSR count). The molecule has 1 heterocycles. The van der Waals surface area contributed by atoms with Crippen molar-refractivity contribution < 1.29 is 23.1 Å². The van der Waals surface area contributed by atoms with E-state index in [0.29, 0.717) is 16.7 Å². The van der Waals surface area contributed by atoms with Gasteiger partial charge in [-0.25, -0.2) is 18.2 Å². The molecule has 144 valence electrons. The molecule has 0 unspecified atom stereocenters. The van der Waals surface area contributed by atoms with Crippen LogP contribution >= 0.6 is 11.3 Å². The van der Waals surface area contributed by atoms with Crippen molar-refractivity contribution in [3.05, 3.63) is 82.5 Å². The summed E-state index contributed by atoms with van der Waals surface area (Å²) in [6.45, 7) is 0. The minimum absolute atomic E-state index is 0.0506. The molecule has 1 aromatic heterocycles. The average Bonchev–Trinajstić information content (AvgIpc) is 3.11. The molecule has 0 aliphatic carbocycles. The van der Waals surface area contributed by atoms with Gasteiger partial charge >= 0.3 is 5.97 Å². The Kier molecular flexibility index (Phi) is 5.86. The van der Waals surface area contributed by atoms with Gasteiger partial charge in [-0.05, 0) is 11.1 Å². The van der Waals surface area contributed by atoms with Crippen molar-refractivity contribution >= 4 is 38.1 Å². The number of hydrogen-bond donors (Lipinski definition) is 2. The molecule has 0 aliphatic heterocycles. The van der Waals surface area contributed by atoms with E-state index in [0.717, 1.165) is 11.3 Å². The Bertz CT molecular complexity index is 1110. The molecule has 7 nitrogen and oxygen atoms in total. The fourth-order valence-corrected chi connectivity index (χ4v) is 4.85. The van der Waals surface area contributed by atoms with Crippen LogP contribution in [0.3, 0.4) is 0 Å². The minimum atomic E-state index is -3.89. The van der Waals surface area contributed by atoms with Gasteiger partial charge in [0.05, 0.1) is 11.3 Å². The van der Waals surface area contributed by atoms with Gasteiger partial charge < -0.3 is 5.11 Å². The predicted octanol–water partition coefficient (Wildman–Crippen LogP) is 3.21. The lowest BCUT2D eigenvalue weighted by Gasteiger charge is -2.11. The number of sulfonamides is 1. The van der Waals surface area contributed by atoms with E-state index in [4.69, 9.17) is 5.11 Å². The number of benzene rings is 2. The number of nitrogens with one attached hydrogen (secondary N) is 1. The average molecular weight is 416 g/mol. The highest BCUT2D eigenvalue weighted by Crippen LogP contribution is 2.23. The number of aromatic carboxylic acids is 1.